The van der Waals surface area contributed by atoms with E-state index in [2.05, 4.69) is 85.5 Å². The monoisotopic (exact) mass is 488 g/mol. The number of anilines is 2. The van der Waals surface area contributed by atoms with Gasteiger partial charge in [0.2, 0.25) is 0 Å². The van der Waals surface area contributed by atoms with Gasteiger partial charge >= 0.3 is 0 Å². The minimum atomic E-state index is -1.59. The highest BCUT2D eigenvalue weighted by Crippen LogP contribution is 2.32. The fourth-order valence-corrected chi connectivity index (χ4v) is 10.6. The van der Waals surface area contributed by atoms with Gasteiger partial charge in [-0.25, -0.2) is 0 Å². The molecule has 2 aliphatic rings. The molecule has 2 heterocycles. The van der Waals surface area contributed by atoms with Gasteiger partial charge < -0.3 is 9.80 Å². The molecular weight excluding hydrogens is 445 g/mol. The van der Waals surface area contributed by atoms with Gasteiger partial charge in [0.15, 0.2) is 0 Å². The van der Waals surface area contributed by atoms with Crippen molar-refractivity contribution in [1.29, 1.82) is 0 Å². The van der Waals surface area contributed by atoms with E-state index in [1.54, 1.807) is 31.9 Å². The van der Waals surface area contributed by atoms with Gasteiger partial charge in [0, 0.05) is 37.6 Å². The minimum Gasteiger partial charge on any atom is -0.372 e. The first kappa shape index (κ1) is 23.9. The summed E-state index contributed by atoms with van der Waals surface area (Å²) >= 11 is 0. The van der Waals surface area contributed by atoms with Gasteiger partial charge in [0.1, 0.15) is 0 Å². The van der Waals surface area contributed by atoms with Gasteiger partial charge in [-0.1, -0.05) is 51.4 Å². The minimum absolute atomic E-state index is 1.21. The van der Waals surface area contributed by atoms with E-state index >= 15 is 0 Å². The average Bonchev–Trinajstić information content (AvgIpc) is 2.81. The Morgan fingerprint density at radius 2 is 0.824 bits per heavy atom. The molecule has 3 aromatic carbocycles. The van der Waals surface area contributed by atoms with Crippen LogP contribution in [0.15, 0.2) is 36.4 Å². The Morgan fingerprint density at radius 3 is 1.15 bits per heavy atom. The highest BCUT2D eigenvalue weighted by atomic mass is 28.3. The molecule has 0 spiro atoms. The zero-order valence-electron chi connectivity index (χ0n) is 22.4. The van der Waals surface area contributed by atoms with Crippen LogP contribution in [0.1, 0.15) is 38.5 Å². The first-order valence-corrected chi connectivity index (χ1v) is 20.7. The highest BCUT2D eigenvalue weighted by Gasteiger charge is 2.30. The number of hydrogen-bond acceptors (Lipinski definition) is 2. The van der Waals surface area contributed by atoms with Crippen molar-refractivity contribution in [3.8, 4) is 0 Å². The van der Waals surface area contributed by atoms with Crippen LogP contribution in [0, 0.1) is 0 Å². The lowest BCUT2D eigenvalue weighted by atomic mass is 10.00. The Bertz CT molecular complexity index is 1100. The lowest BCUT2D eigenvalue weighted by Crippen LogP contribution is -2.44. The lowest BCUT2D eigenvalue weighted by Gasteiger charge is -2.33. The van der Waals surface area contributed by atoms with Gasteiger partial charge in [-0.05, 0) is 94.7 Å². The smallest absolute Gasteiger partial charge is 0.0792 e. The fraction of sp³-hybridized carbons (Fsp3) is 0.533. The van der Waals surface area contributed by atoms with Crippen LogP contribution in [-0.4, -0.2) is 42.3 Å². The van der Waals surface area contributed by atoms with E-state index < -0.39 is 16.1 Å². The molecule has 5 rings (SSSR count). The van der Waals surface area contributed by atoms with E-state index in [-0.39, 0.29) is 0 Å². The summed E-state index contributed by atoms with van der Waals surface area (Å²) < 4.78 is 0. The number of nitrogens with zero attached hydrogens (tertiary/aromatic N) is 2. The van der Waals surface area contributed by atoms with Crippen LogP contribution in [0.2, 0.25) is 39.3 Å². The summed E-state index contributed by atoms with van der Waals surface area (Å²) in [6.07, 6.45) is 8.08. The summed E-state index contributed by atoms with van der Waals surface area (Å²) in [5.41, 5.74) is 2.88. The average molecular weight is 489 g/mol. The summed E-state index contributed by atoms with van der Waals surface area (Å²) in [7, 11) is -3.18. The van der Waals surface area contributed by atoms with Crippen LogP contribution in [0.4, 0.5) is 11.4 Å². The molecular formula is C30H44N2Si2. The Hall–Kier alpha value is -1.79. The van der Waals surface area contributed by atoms with Gasteiger partial charge in [0.25, 0.3) is 0 Å². The van der Waals surface area contributed by atoms with Crippen LogP contribution in [-0.2, 0) is 0 Å². The first-order chi connectivity index (χ1) is 16.1. The lowest BCUT2D eigenvalue weighted by molar-refractivity contribution is 0.578. The van der Waals surface area contributed by atoms with Crippen LogP contribution in [0.5, 0.6) is 0 Å². The normalized spacial score (nSPS) is 18.2. The van der Waals surface area contributed by atoms with Crippen LogP contribution in [0.3, 0.4) is 0 Å². The summed E-state index contributed by atoms with van der Waals surface area (Å²) in [5.74, 6) is 0. The topological polar surface area (TPSA) is 6.48 Å². The maximum atomic E-state index is 2.63. The maximum Gasteiger partial charge on any atom is 0.0792 e. The quantitative estimate of drug-likeness (QED) is 0.286. The van der Waals surface area contributed by atoms with Crippen molar-refractivity contribution in [2.24, 2.45) is 0 Å². The molecule has 2 fully saturated rings. The van der Waals surface area contributed by atoms with E-state index in [9.17, 15) is 0 Å². The van der Waals surface area contributed by atoms with Crippen molar-refractivity contribution in [3.63, 3.8) is 0 Å². The summed E-state index contributed by atoms with van der Waals surface area (Å²) in [4.78, 5) is 5.27. The van der Waals surface area contributed by atoms with Crippen molar-refractivity contribution < 1.29 is 0 Å². The Morgan fingerprint density at radius 1 is 0.471 bits per heavy atom. The van der Waals surface area contributed by atoms with Crippen molar-refractivity contribution in [2.75, 3.05) is 36.0 Å². The van der Waals surface area contributed by atoms with Gasteiger partial charge in [0.05, 0.1) is 16.1 Å². The summed E-state index contributed by atoms with van der Waals surface area (Å²) in [6, 6.07) is 15.0. The number of piperidine rings is 2. The zero-order valence-corrected chi connectivity index (χ0v) is 24.4. The molecule has 2 aliphatic heterocycles. The molecule has 0 aliphatic carbocycles. The van der Waals surface area contributed by atoms with E-state index in [4.69, 9.17) is 0 Å². The third-order valence-corrected chi connectivity index (χ3v) is 12.1. The molecule has 0 amide bonds. The number of benzene rings is 3. The summed E-state index contributed by atoms with van der Waals surface area (Å²) in [6.45, 7) is 20.1. The second-order valence-corrected chi connectivity index (χ2v) is 22.8. The largest absolute Gasteiger partial charge is 0.372 e. The maximum absolute atomic E-state index is 2.63. The fourth-order valence-electron chi connectivity index (χ4n) is 6.52. The van der Waals surface area contributed by atoms with E-state index in [1.807, 2.05) is 0 Å². The number of rotatable bonds is 4. The number of hydrogen-bond donors (Lipinski definition) is 0. The molecule has 4 heteroatoms. The molecule has 2 nitrogen and oxygen atoms in total. The molecule has 0 unspecified atom stereocenters. The molecule has 0 N–H and O–H groups in total. The summed E-state index contributed by atoms with van der Waals surface area (Å²) in [5, 5.41) is 9.53. The molecule has 0 atom stereocenters. The second-order valence-electron chi connectivity index (χ2n) is 12.8. The van der Waals surface area contributed by atoms with Crippen molar-refractivity contribution >= 4 is 59.4 Å². The highest BCUT2D eigenvalue weighted by molar-refractivity contribution is 6.95. The SMILES string of the molecule is C[Si](C)(C)c1c2ccc(N3CCCCC3)cc2c([Si](C)(C)C)c2ccc(N3CCCCC3)cc12. The Labute approximate surface area is 209 Å². The van der Waals surface area contributed by atoms with Gasteiger partial charge in [-0.3, -0.25) is 0 Å². The molecule has 3 aromatic rings. The van der Waals surface area contributed by atoms with E-state index in [0.717, 1.165) is 0 Å². The predicted octanol–water partition coefficient (Wildman–Crippen LogP) is 7.06. The van der Waals surface area contributed by atoms with E-state index in [1.165, 1.54) is 76.1 Å². The van der Waals surface area contributed by atoms with Gasteiger partial charge in [-0.2, -0.15) is 0 Å². The van der Waals surface area contributed by atoms with Crippen molar-refractivity contribution in [1.82, 2.24) is 0 Å². The number of fused-ring (bicyclic) bond motifs is 2. The third kappa shape index (κ3) is 4.44. The van der Waals surface area contributed by atoms with Crippen LogP contribution in [0.25, 0.3) is 21.5 Å². The molecule has 0 bridgehead atoms. The molecule has 2 saturated heterocycles. The van der Waals surface area contributed by atoms with Crippen molar-refractivity contribution in [3.05, 3.63) is 36.4 Å². The van der Waals surface area contributed by atoms with Gasteiger partial charge in [-0.15, -0.1) is 0 Å². The Balaban J connectivity index is 1.81. The van der Waals surface area contributed by atoms with Crippen LogP contribution >= 0.6 is 0 Å². The predicted molar refractivity (Wildman–Crippen MR) is 160 cm³/mol. The second kappa shape index (κ2) is 9.02. The van der Waals surface area contributed by atoms with E-state index in [0.29, 0.717) is 0 Å². The third-order valence-electron chi connectivity index (χ3n) is 8.03. The molecule has 182 valence electrons. The zero-order chi connectivity index (χ0) is 24.1. The molecule has 0 radical (unpaired) electrons. The molecule has 34 heavy (non-hydrogen) atoms. The molecule has 0 saturated carbocycles. The molecule has 0 aromatic heterocycles. The standard InChI is InChI=1S/C30H44N2Si2/c1-33(2,3)29-25-15-13-24(32-19-11-8-12-20-32)22-28(25)30(34(4,5)6)26-16-14-23(21-27(26)29)31-17-9-7-10-18-31/h13-16,21-22H,7-12,17-20H2,1-6H3. The first-order valence-electron chi connectivity index (χ1n) is 13.7. The van der Waals surface area contributed by atoms with Crippen LogP contribution < -0.4 is 20.2 Å². The Kier molecular flexibility index (Phi) is 6.35. The van der Waals surface area contributed by atoms with Crippen molar-refractivity contribution in [2.45, 2.75) is 77.8 Å².